The average molecular weight is 683 g/mol. The molecule has 9 unspecified atom stereocenters. The van der Waals surface area contributed by atoms with Crippen LogP contribution in [0.4, 0.5) is 0 Å². The quantitative estimate of drug-likeness (QED) is 0.363. The van der Waals surface area contributed by atoms with E-state index in [1.165, 1.54) is 0 Å². The molecule has 0 radical (unpaired) electrons. The molecule has 4 aliphatic rings. The number of aliphatic hydroxyl groups is 2. The minimum atomic E-state index is -1.01. The van der Waals surface area contributed by atoms with Crippen molar-refractivity contribution in [1.29, 1.82) is 0 Å². The van der Waals surface area contributed by atoms with Gasteiger partial charge in [0, 0.05) is 25.9 Å². The fraction of sp³-hybridized carbons (Fsp3) is 0.892. The van der Waals surface area contributed by atoms with Gasteiger partial charge in [-0.1, -0.05) is 20.8 Å². The van der Waals surface area contributed by atoms with E-state index < -0.39 is 89.5 Å². The van der Waals surface area contributed by atoms with Crippen molar-refractivity contribution >= 4 is 11.8 Å². The van der Waals surface area contributed by atoms with Crippen molar-refractivity contribution in [3.8, 4) is 0 Å². The molecule has 0 aromatic heterocycles. The van der Waals surface area contributed by atoms with Crippen LogP contribution in [0.25, 0.3) is 0 Å². The Balaban J connectivity index is 1.83. The van der Waals surface area contributed by atoms with Crippen LogP contribution < -0.4 is 0 Å². The summed E-state index contributed by atoms with van der Waals surface area (Å²) in [6.45, 7) is 22.5. The van der Waals surface area contributed by atoms with Crippen molar-refractivity contribution in [2.45, 2.75) is 175 Å². The predicted octanol–water partition coefficient (Wildman–Crippen LogP) is 5.08. The van der Waals surface area contributed by atoms with E-state index in [1.807, 2.05) is 69.2 Å². The molecule has 4 heterocycles. The van der Waals surface area contributed by atoms with E-state index in [2.05, 4.69) is 0 Å². The zero-order valence-electron chi connectivity index (χ0n) is 31.4. The molecule has 3 fully saturated rings. The van der Waals surface area contributed by atoms with Gasteiger partial charge in [0.25, 0.3) is 0 Å². The number of Topliss-reactive ketones (excluding diaryl/α,β-unsaturated/α-hetero) is 1. The van der Waals surface area contributed by atoms with Gasteiger partial charge in [0.15, 0.2) is 18.4 Å². The summed E-state index contributed by atoms with van der Waals surface area (Å²) in [6.07, 6.45) is -4.85. The standard InChI is InChI=1S/C37H62O11/c1-14-25-35(9,10)30(39)21(5)28-19(3)16-37(12,48-28)32(47-34-27(38)18(2)15-20(4)43-34)22(6)29(23(7)33(41)45-25)46-26-17-36(11,42-13)31(40)24(8)44-26/h18,20-27,29,31-32,34,38,40H,14-17H2,1-13H3/t18?,20?,21-,22?,23?,24?,25?,26?,27+,29?,31-,32+,34?,36+,37-/m0/s1. The van der Waals surface area contributed by atoms with E-state index in [1.54, 1.807) is 21.0 Å². The maximum Gasteiger partial charge on any atom is 0.311 e. The molecule has 11 heteroatoms. The van der Waals surface area contributed by atoms with Gasteiger partial charge >= 0.3 is 5.97 Å². The normalized spacial score (nSPS) is 47.4. The molecule has 0 aliphatic carbocycles. The first kappa shape index (κ1) is 39.2. The Morgan fingerprint density at radius 3 is 2.21 bits per heavy atom. The Kier molecular flexibility index (Phi) is 11.9. The van der Waals surface area contributed by atoms with Crippen LogP contribution in [0.5, 0.6) is 0 Å². The number of esters is 1. The molecule has 2 bridgehead atoms. The maximum atomic E-state index is 14.2. The Bertz CT molecular complexity index is 1200. The summed E-state index contributed by atoms with van der Waals surface area (Å²) in [5.74, 6) is -2.05. The highest BCUT2D eigenvalue weighted by Gasteiger charge is 2.55. The summed E-state index contributed by atoms with van der Waals surface area (Å²) in [4.78, 5) is 28.3. The number of ketones is 1. The van der Waals surface area contributed by atoms with E-state index in [0.29, 0.717) is 25.0 Å². The SMILES string of the molecule is CCC1OC(=O)C(C)C(OC2C[C@@](C)(OC)[C@@H](O)C(C)O2)C(C)[C@@H](OC2OC(C)CC(C)[C@H]2O)[C@]2(C)CC(C)=C(O2)[C@H](C)C(=O)C1(C)C. The molecule has 276 valence electrons. The fourth-order valence-corrected chi connectivity index (χ4v) is 8.58. The molecule has 0 saturated carbocycles. The predicted molar refractivity (Wildman–Crippen MR) is 177 cm³/mol. The lowest BCUT2D eigenvalue weighted by atomic mass is 9.75. The second kappa shape index (κ2) is 14.6. The highest BCUT2D eigenvalue weighted by atomic mass is 16.7. The lowest BCUT2D eigenvalue weighted by Crippen LogP contribution is -2.59. The Labute approximate surface area is 287 Å². The minimum Gasteiger partial charge on any atom is -0.488 e. The van der Waals surface area contributed by atoms with Crippen LogP contribution >= 0.6 is 0 Å². The van der Waals surface area contributed by atoms with Gasteiger partial charge in [0.2, 0.25) is 0 Å². The van der Waals surface area contributed by atoms with Crippen molar-refractivity contribution < 1.29 is 53.0 Å². The van der Waals surface area contributed by atoms with E-state index in [0.717, 1.165) is 5.57 Å². The number of ether oxygens (including phenoxy) is 7. The molecule has 2 N–H and O–H groups in total. The smallest absolute Gasteiger partial charge is 0.311 e. The summed E-state index contributed by atoms with van der Waals surface area (Å²) in [5, 5.41) is 22.2. The van der Waals surface area contributed by atoms with Crippen molar-refractivity contribution in [2.75, 3.05) is 7.11 Å². The summed E-state index contributed by atoms with van der Waals surface area (Å²) in [7, 11) is 1.54. The highest BCUT2D eigenvalue weighted by Crippen LogP contribution is 2.47. The monoisotopic (exact) mass is 682 g/mol. The molecule has 48 heavy (non-hydrogen) atoms. The van der Waals surface area contributed by atoms with Crippen LogP contribution in [-0.2, 0) is 42.7 Å². The second-order valence-electron chi connectivity index (χ2n) is 16.1. The van der Waals surface area contributed by atoms with E-state index in [9.17, 15) is 19.8 Å². The zero-order valence-corrected chi connectivity index (χ0v) is 31.4. The van der Waals surface area contributed by atoms with Crippen LogP contribution in [0.15, 0.2) is 11.3 Å². The maximum absolute atomic E-state index is 14.2. The summed E-state index contributed by atoms with van der Waals surface area (Å²) < 4.78 is 44.7. The largest absolute Gasteiger partial charge is 0.488 e. The van der Waals surface area contributed by atoms with Gasteiger partial charge in [-0.15, -0.1) is 0 Å². The molecule has 15 atom stereocenters. The van der Waals surface area contributed by atoms with E-state index in [4.69, 9.17) is 33.2 Å². The Morgan fingerprint density at radius 1 is 0.958 bits per heavy atom. The minimum absolute atomic E-state index is 0.0707. The second-order valence-corrected chi connectivity index (χ2v) is 16.1. The Morgan fingerprint density at radius 2 is 1.60 bits per heavy atom. The topological polar surface area (TPSA) is 139 Å². The molecular weight excluding hydrogens is 620 g/mol. The molecule has 4 rings (SSSR count). The van der Waals surface area contributed by atoms with Gasteiger partial charge in [-0.2, -0.15) is 0 Å². The third-order valence-corrected chi connectivity index (χ3v) is 11.7. The molecule has 11 nitrogen and oxygen atoms in total. The number of methoxy groups -OCH3 is 1. The van der Waals surface area contributed by atoms with Crippen LogP contribution in [0, 0.1) is 29.1 Å². The zero-order chi connectivity index (χ0) is 36.1. The molecule has 0 amide bonds. The van der Waals surface area contributed by atoms with Gasteiger partial charge < -0.3 is 43.4 Å². The fourth-order valence-electron chi connectivity index (χ4n) is 8.58. The van der Waals surface area contributed by atoms with Crippen molar-refractivity contribution in [1.82, 2.24) is 0 Å². The molecule has 3 saturated heterocycles. The van der Waals surface area contributed by atoms with Gasteiger partial charge in [0.1, 0.15) is 35.8 Å². The number of fused-ring (bicyclic) bond motifs is 2. The first-order valence-electron chi connectivity index (χ1n) is 17.9. The Hall–Kier alpha value is -1.60. The molecule has 0 aromatic rings. The number of aliphatic hydroxyl groups excluding tert-OH is 2. The number of carbonyl (C=O) groups excluding carboxylic acids is 2. The van der Waals surface area contributed by atoms with Crippen molar-refractivity contribution in [3.63, 3.8) is 0 Å². The average Bonchev–Trinajstić information content (AvgIpc) is 3.34. The number of rotatable bonds is 6. The lowest BCUT2D eigenvalue weighted by Gasteiger charge is -2.48. The van der Waals surface area contributed by atoms with Crippen LogP contribution in [-0.4, -0.2) is 95.6 Å². The van der Waals surface area contributed by atoms with Gasteiger partial charge in [-0.25, -0.2) is 0 Å². The van der Waals surface area contributed by atoms with Crippen LogP contribution in [0.1, 0.15) is 109 Å². The van der Waals surface area contributed by atoms with Crippen molar-refractivity contribution in [3.05, 3.63) is 11.3 Å². The molecule has 0 spiro atoms. The molecule has 4 aliphatic heterocycles. The van der Waals surface area contributed by atoms with E-state index in [-0.39, 0.29) is 24.2 Å². The number of allylic oxidation sites excluding steroid dienone is 1. The third kappa shape index (κ3) is 7.39. The van der Waals surface area contributed by atoms with E-state index >= 15 is 0 Å². The van der Waals surface area contributed by atoms with Gasteiger partial charge in [-0.05, 0) is 86.6 Å². The third-order valence-electron chi connectivity index (χ3n) is 11.7. The number of hydrogen-bond donors (Lipinski definition) is 2. The first-order chi connectivity index (χ1) is 22.2. The summed E-state index contributed by atoms with van der Waals surface area (Å²) in [5.41, 5.74) is -2.03. The lowest BCUT2D eigenvalue weighted by molar-refractivity contribution is -0.316. The summed E-state index contributed by atoms with van der Waals surface area (Å²) in [6, 6.07) is 0. The number of carbonyl (C=O) groups is 2. The molecule has 0 aromatic carbocycles. The summed E-state index contributed by atoms with van der Waals surface area (Å²) >= 11 is 0. The highest BCUT2D eigenvalue weighted by molar-refractivity contribution is 5.89. The number of hydrogen-bond acceptors (Lipinski definition) is 11. The first-order valence-corrected chi connectivity index (χ1v) is 17.9. The van der Waals surface area contributed by atoms with Crippen LogP contribution in [0.3, 0.4) is 0 Å². The van der Waals surface area contributed by atoms with Gasteiger partial charge in [-0.3, -0.25) is 9.59 Å². The number of cyclic esters (lactones) is 1. The van der Waals surface area contributed by atoms with Crippen molar-refractivity contribution in [2.24, 2.45) is 29.1 Å². The molecular formula is C37H62O11. The van der Waals surface area contributed by atoms with Gasteiger partial charge in [0.05, 0.1) is 41.2 Å². The van der Waals surface area contributed by atoms with Crippen LogP contribution in [0.2, 0.25) is 0 Å².